The van der Waals surface area contributed by atoms with E-state index in [0.29, 0.717) is 12.1 Å². The molecule has 2 unspecified atom stereocenters. The van der Waals surface area contributed by atoms with Crippen LogP contribution in [-0.4, -0.2) is 17.1 Å². The topological polar surface area (TPSA) is 24.9 Å². The molecule has 0 amide bonds. The summed E-state index contributed by atoms with van der Waals surface area (Å²) in [5, 5.41) is 3.66. The van der Waals surface area contributed by atoms with Gasteiger partial charge in [0.15, 0.2) is 0 Å². The Morgan fingerprint density at radius 3 is 2.94 bits per heavy atom. The Morgan fingerprint density at radius 2 is 2.25 bits per heavy atom. The molecule has 0 saturated heterocycles. The molecule has 0 aromatic carbocycles. The molecule has 2 heteroatoms. The summed E-state index contributed by atoms with van der Waals surface area (Å²) >= 11 is 0. The molecule has 86 valence electrons. The molecule has 0 bridgehead atoms. The molecule has 0 fully saturated rings. The third-order valence-electron chi connectivity index (χ3n) is 3.04. The fraction of sp³-hybridized carbons (Fsp3) is 0.500. The van der Waals surface area contributed by atoms with Crippen molar-refractivity contribution in [2.24, 2.45) is 0 Å². The van der Waals surface area contributed by atoms with E-state index >= 15 is 0 Å². The summed E-state index contributed by atoms with van der Waals surface area (Å²) in [7, 11) is 0. The van der Waals surface area contributed by atoms with Gasteiger partial charge in [-0.3, -0.25) is 4.98 Å². The van der Waals surface area contributed by atoms with Crippen LogP contribution >= 0.6 is 0 Å². The highest BCUT2D eigenvalue weighted by molar-refractivity contribution is 5.11. The molecule has 1 heterocycles. The van der Waals surface area contributed by atoms with Crippen molar-refractivity contribution in [2.45, 2.75) is 44.7 Å². The van der Waals surface area contributed by atoms with Crippen molar-refractivity contribution in [3.05, 3.63) is 42.2 Å². The van der Waals surface area contributed by atoms with Gasteiger partial charge in [0.2, 0.25) is 0 Å². The van der Waals surface area contributed by atoms with Gasteiger partial charge in [-0.2, -0.15) is 0 Å². The van der Waals surface area contributed by atoms with Crippen LogP contribution in [-0.2, 0) is 6.42 Å². The number of hydrogen-bond acceptors (Lipinski definition) is 2. The van der Waals surface area contributed by atoms with Gasteiger partial charge in [-0.15, -0.1) is 0 Å². The van der Waals surface area contributed by atoms with E-state index in [-0.39, 0.29) is 0 Å². The lowest BCUT2D eigenvalue weighted by molar-refractivity contribution is 0.455. The van der Waals surface area contributed by atoms with Crippen molar-refractivity contribution in [1.29, 1.82) is 0 Å². The average Bonchev–Trinajstić information content (AvgIpc) is 2.31. The van der Waals surface area contributed by atoms with Crippen LogP contribution in [0.15, 0.2) is 36.7 Å². The first-order chi connectivity index (χ1) is 7.84. The minimum Gasteiger partial charge on any atom is -0.308 e. The first kappa shape index (κ1) is 11.3. The van der Waals surface area contributed by atoms with Crippen molar-refractivity contribution in [1.82, 2.24) is 10.3 Å². The fourth-order valence-corrected chi connectivity index (χ4v) is 2.25. The summed E-state index contributed by atoms with van der Waals surface area (Å²) in [5.74, 6) is 0. The zero-order chi connectivity index (χ0) is 11.2. The number of rotatable bonds is 4. The summed E-state index contributed by atoms with van der Waals surface area (Å²) in [6, 6.07) is 5.28. The molecule has 1 aromatic heterocycles. The predicted octanol–water partition coefficient (Wildman–Crippen LogP) is 2.71. The molecule has 1 aliphatic carbocycles. The van der Waals surface area contributed by atoms with E-state index in [1.54, 1.807) is 0 Å². The standard InChI is InChI=1S/C14H20N2/c1-12(11-13-7-9-15-10-8-13)16-14-5-3-2-4-6-14/h3,5,7-10,12,14,16H,2,4,6,11H2,1H3. The zero-order valence-corrected chi connectivity index (χ0v) is 9.89. The normalized spacial score (nSPS) is 21.9. The fourth-order valence-electron chi connectivity index (χ4n) is 2.25. The molecule has 0 radical (unpaired) electrons. The van der Waals surface area contributed by atoms with Crippen molar-refractivity contribution < 1.29 is 0 Å². The molecule has 16 heavy (non-hydrogen) atoms. The molecular formula is C14H20N2. The number of allylic oxidation sites excluding steroid dienone is 1. The largest absolute Gasteiger partial charge is 0.308 e. The first-order valence-electron chi connectivity index (χ1n) is 6.16. The minimum atomic E-state index is 0.523. The van der Waals surface area contributed by atoms with E-state index in [4.69, 9.17) is 0 Å². The van der Waals surface area contributed by atoms with Gasteiger partial charge in [-0.1, -0.05) is 12.2 Å². The maximum absolute atomic E-state index is 4.04. The van der Waals surface area contributed by atoms with Crippen molar-refractivity contribution >= 4 is 0 Å². The van der Waals surface area contributed by atoms with Gasteiger partial charge in [0.25, 0.3) is 0 Å². The quantitative estimate of drug-likeness (QED) is 0.783. The van der Waals surface area contributed by atoms with E-state index in [9.17, 15) is 0 Å². The maximum Gasteiger partial charge on any atom is 0.0270 e. The van der Waals surface area contributed by atoms with Crippen LogP contribution in [0.4, 0.5) is 0 Å². The van der Waals surface area contributed by atoms with Crippen LogP contribution in [0.5, 0.6) is 0 Å². The smallest absolute Gasteiger partial charge is 0.0270 e. The minimum absolute atomic E-state index is 0.523. The van der Waals surface area contributed by atoms with Crippen molar-refractivity contribution in [2.75, 3.05) is 0 Å². The monoisotopic (exact) mass is 216 g/mol. The van der Waals surface area contributed by atoms with E-state index in [1.165, 1.54) is 24.8 Å². The highest BCUT2D eigenvalue weighted by Gasteiger charge is 2.11. The van der Waals surface area contributed by atoms with Gasteiger partial charge in [0, 0.05) is 24.5 Å². The van der Waals surface area contributed by atoms with Crippen LogP contribution in [0.3, 0.4) is 0 Å². The summed E-state index contributed by atoms with van der Waals surface area (Å²) < 4.78 is 0. The second kappa shape index (κ2) is 5.80. The second-order valence-corrected chi connectivity index (χ2v) is 4.59. The molecule has 0 spiro atoms. The highest BCUT2D eigenvalue weighted by Crippen LogP contribution is 2.11. The van der Waals surface area contributed by atoms with Crippen molar-refractivity contribution in [3.63, 3.8) is 0 Å². The van der Waals surface area contributed by atoms with Crippen LogP contribution in [0.25, 0.3) is 0 Å². The lowest BCUT2D eigenvalue weighted by Gasteiger charge is -2.23. The van der Waals surface area contributed by atoms with Gasteiger partial charge < -0.3 is 5.32 Å². The summed E-state index contributed by atoms with van der Waals surface area (Å²) in [4.78, 5) is 4.04. The number of nitrogens with one attached hydrogen (secondary N) is 1. The van der Waals surface area contributed by atoms with E-state index in [2.05, 4.69) is 41.5 Å². The lowest BCUT2D eigenvalue weighted by atomic mass is 10.0. The van der Waals surface area contributed by atoms with E-state index in [1.807, 2.05) is 12.4 Å². The Hall–Kier alpha value is -1.15. The highest BCUT2D eigenvalue weighted by atomic mass is 14.9. The molecule has 2 rings (SSSR count). The molecule has 0 aliphatic heterocycles. The summed E-state index contributed by atoms with van der Waals surface area (Å²) in [6.45, 7) is 2.25. The van der Waals surface area contributed by atoms with Crippen LogP contribution in [0, 0.1) is 0 Å². The molecule has 2 atom stereocenters. The van der Waals surface area contributed by atoms with Crippen molar-refractivity contribution in [3.8, 4) is 0 Å². The molecule has 0 saturated carbocycles. The second-order valence-electron chi connectivity index (χ2n) is 4.59. The van der Waals surface area contributed by atoms with Gasteiger partial charge in [0.05, 0.1) is 0 Å². The Bertz CT molecular complexity index is 332. The lowest BCUT2D eigenvalue weighted by Crippen LogP contribution is -2.37. The Morgan fingerprint density at radius 1 is 1.44 bits per heavy atom. The van der Waals surface area contributed by atoms with Gasteiger partial charge >= 0.3 is 0 Å². The third-order valence-corrected chi connectivity index (χ3v) is 3.04. The van der Waals surface area contributed by atoms with Gasteiger partial charge in [0.1, 0.15) is 0 Å². The van der Waals surface area contributed by atoms with Gasteiger partial charge in [-0.05, 0) is 50.3 Å². The first-order valence-corrected chi connectivity index (χ1v) is 6.16. The van der Waals surface area contributed by atoms with Crippen LogP contribution < -0.4 is 5.32 Å². The Balaban J connectivity index is 1.82. The number of pyridine rings is 1. The average molecular weight is 216 g/mol. The summed E-state index contributed by atoms with van der Waals surface area (Å²) in [6.07, 6.45) is 13.2. The van der Waals surface area contributed by atoms with Gasteiger partial charge in [-0.25, -0.2) is 0 Å². The zero-order valence-electron chi connectivity index (χ0n) is 9.89. The maximum atomic E-state index is 4.04. The Kier molecular flexibility index (Phi) is 4.11. The SMILES string of the molecule is CC(Cc1ccncc1)NC1C=CCCC1. The number of nitrogens with zero attached hydrogens (tertiary/aromatic N) is 1. The predicted molar refractivity (Wildman–Crippen MR) is 67.3 cm³/mol. The van der Waals surface area contributed by atoms with E-state index < -0.39 is 0 Å². The molecular weight excluding hydrogens is 196 g/mol. The molecule has 1 aliphatic rings. The van der Waals surface area contributed by atoms with Crippen LogP contribution in [0.2, 0.25) is 0 Å². The molecule has 1 N–H and O–H groups in total. The Labute approximate surface area is 97.8 Å². The third kappa shape index (κ3) is 3.46. The number of hydrogen-bond donors (Lipinski definition) is 1. The molecule has 1 aromatic rings. The summed E-state index contributed by atoms with van der Waals surface area (Å²) in [5.41, 5.74) is 1.36. The van der Waals surface area contributed by atoms with E-state index in [0.717, 1.165) is 6.42 Å². The molecule has 2 nitrogen and oxygen atoms in total. The van der Waals surface area contributed by atoms with Crippen LogP contribution in [0.1, 0.15) is 31.7 Å². The number of aromatic nitrogens is 1.